The van der Waals surface area contributed by atoms with E-state index in [9.17, 15) is 8.42 Å². The van der Waals surface area contributed by atoms with Gasteiger partial charge in [-0.25, -0.2) is 8.42 Å². The molecule has 0 N–H and O–H groups in total. The SMILES string of the molecule is CCCC=C(CBr)S(=O)(=O)c1ccccc1. The van der Waals surface area contributed by atoms with E-state index < -0.39 is 9.84 Å². The fraction of sp³-hybridized carbons (Fsp3) is 0.333. The Morgan fingerprint density at radius 3 is 2.44 bits per heavy atom. The van der Waals surface area contributed by atoms with Crippen molar-refractivity contribution in [3.05, 3.63) is 41.3 Å². The molecular formula is C12H15BrO2S. The highest BCUT2D eigenvalue weighted by Gasteiger charge is 2.18. The van der Waals surface area contributed by atoms with Crippen molar-refractivity contribution in [3.63, 3.8) is 0 Å². The molecule has 4 heteroatoms. The Kier molecular flexibility index (Phi) is 5.22. The summed E-state index contributed by atoms with van der Waals surface area (Å²) in [6.07, 6.45) is 3.52. The summed E-state index contributed by atoms with van der Waals surface area (Å²) < 4.78 is 24.3. The first-order chi connectivity index (χ1) is 7.62. The van der Waals surface area contributed by atoms with Gasteiger partial charge in [0.25, 0.3) is 0 Å². The van der Waals surface area contributed by atoms with Crippen molar-refractivity contribution in [2.45, 2.75) is 24.7 Å². The molecule has 0 fully saturated rings. The summed E-state index contributed by atoms with van der Waals surface area (Å²) >= 11 is 3.23. The van der Waals surface area contributed by atoms with Crippen LogP contribution in [0.3, 0.4) is 0 Å². The minimum absolute atomic E-state index is 0.358. The largest absolute Gasteiger partial charge is 0.219 e. The van der Waals surface area contributed by atoms with E-state index in [1.54, 1.807) is 30.3 Å². The van der Waals surface area contributed by atoms with Gasteiger partial charge < -0.3 is 0 Å². The number of halogens is 1. The molecule has 0 heterocycles. The van der Waals surface area contributed by atoms with Crippen molar-refractivity contribution in [1.29, 1.82) is 0 Å². The Bertz CT molecular complexity index is 449. The first-order valence-corrected chi connectivity index (χ1v) is 7.78. The van der Waals surface area contributed by atoms with Gasteiger partial charge in [-0.05, 0) is 18.6 Å². The quantitative estimate of drug-likeness (QED) is 0.780. The van der Waals surface area contributed by atoms with Crippen LogP contribution in [0.15, 0.2) is 46.2 Å². The van der Waals surface area contributed by atoms with Crippen LogP contribution in [0.25, 0.3) is 0 Å². The molecule has 0 saturated carbocycles. The molecule has 0 aliphatic carbocycles. The number of hydrogen-bond donors (Lipinski definition) is 0. The summed E-state index contributed by atoms with van der Waals surface area (Å²) in [4.78, 5) is 0.803. The molecule has 0 saturated heterocycles. The first kappa shape index (κ1) is 13.5. The molecule has 0 aliphatic rings. The highest BCUT2D eigenvalue weighted by molar-refractivity contribution is 9.09. The van der Waals surface area contributed by atoms with E-state index in [0.29, 0.717) is 15.1 Å². The summed E-state index contributed by atoms with van der Waals surface area (Å²) in [6.45, 7) is 2.03. The van der Waals surface area contributed by atoms with Gasteiger partial charge in [-0.15, -0.1) is 0 Å². The molecule has 1 aromatic rings. The Morgan fingerprint density at radius 2 is 1.94 bits per heavy atom. The average molecular weight is 303 g/mol. The molecule has 1 aromatic carbocycles. The first-order valence-electron chi connectivity index (χ1n) is 5.18. The highest BCUT2D eigenvalue weighted by atomic mass is 79.9. The molecule has 0 aromatic heterocycles. The maximum atomic E-state index is 12.2. The van der Waals surface area contributed by atoms with Crippen LogP contribution in [0.5, 0.6) is 0 Å². The van der Waals surface area contributed by atoms with Gasteiger partial charge in [0.2, 0.25) is 9.84 Å². The number of alkyl halides is 1. The molecule has 16 heavy (non-hydrogen) atoms. The van der Waals surface area contributed by atoms with Crippen LogP contribution in [0.2, 0.25) is 0 Å². The van der Waals surface area contributed by atoms with E-state index in [-0.39, 0.29) is 0 Å². The van der Waals surface area contributed by atoms with Crippen LogP contribution in [0.4, 0.5) is 0 Å². The predicted octanol–water partition coefficient (Wildman–Crippen LogP) is 3.54. The number of sulfone groups is 1. The van der Waals surface area contributed by atoms with Crippen LogP contribution in [0.1, 0.15) is 19.8 Å². The fourth-order valence-corrected chi connectivity index (χ4v) is 3.72. The van der Waals surface area contributed by atoms with Crippen LogP contribution < -0.4 is 0 Å². The third-order valence-electron chi connectivity index (χ3n) is 2.19. The smallest absolute Gasteiger partial charge is 0.203 e. The molecule has 0 unspecified atom stereocenters. The van der Waals surface area contributed by atoms with Crippen molar-refractivity contribution in [1.82, 2.24) is 0 Å². The lowest BCUT2D eigenvalue weighted by Crippen LogP contribution is -2.06. The van der Waals surface area contributed by atoms with Crippen LogP contribution in [-0.4, -0.2) is 13.7 Å². The molecule has 1 rings (SSSR count). The zero-order valence-corrected chi connectivity index (χ0v) is 11.6. The Morgan fingerprint density at radius 1 is 1.31 bits per heavy atom. The minimum atomic E-state index is -3.31. The molecule has 88 valence electrons. The zero-order valence-electron chi connectivity index (χ0n) is 9.19. The number of unbranched alkanes of at least 4 members (excludes halogenated alkanes) is 1. The predicted molar refractivity (Wildman–Crippen MR) is 70.4 cm³/mol. The summed E-state index contributed by atoms with van der Waals surface area (Å²) in [5.74, 6) is 0. The van der Waals surface area contributed by atoms with Crippen LogP contribution >= 0.6 is 15.9 Å². The normalized spacial score (nSPS) is 12.8. The molecule has 2 nitrogen and oxygen atoms in total. The molecule has 0 bridgehead atoms. The van der Waals surface area contributed by atoms with Gasteiger partial charge in [-0.1, -0.05) is 53.5 Å². The lowest BCUT2D eigenvalue weighted by atomic mass is 10.3. The standard InChI is InChI=1S/C12H15BrO2S/c1-2-3-7-12(10-13)16(14,15)11-8-5-4-6-9-11/h4-9H,2-3,10H2,1H3. The van der Waals surface area contributed by atoms with Gasteiger partial charge in [0.15, 0.2) is 0 Å². The maximum absolute atomic E-state index is 12.2. The average Bonchev–Trinajstić information content (AvgIpc) is 2.31. The third kappa shape index (κ3) is 3.19. The summed E-state index contributed by atoms with van der Waals surface area (Å²) in [7, 11) is -3.31. The van der Waals surface area contributed by atoms with Crippen molar-refractivity contribution >= 4 is 25.8 Å². The Balaban J connectivity index is 3.10. The van der Waals surface area contributed by atoms with Crippen molar-refractivity contribution in [3.8, 4) is 0 Å². The zero-order chi connectivity index (χ0) is 12.0. The monoisotopic (exact) mass is 302 g/mol. The lowest BCUT2D eigenvalue weighted by molar-refractivity contribution is 0.602. The van der Waals surface area contributed by atoms with E-state index in [2.05, 4.69) is 15.9 Å². The van der Waals surface area contributed by atoms with E-state index in [1.165, 1.54) is 0 Å². The van der Waals surface area contributed by atoms with E-state index >= 15 is 0 Å². The topological polar surface area (TPSA) is 34.1 Å². The summed E-state index contributed by atoms with van der Waals surface area (Å²) in [5.41, 5.74) is 0. The Labute approximate surface area is 105 Å². The molecule has 0 atom stereocenters. The molecule has 0 aliphatic heterocycles. The number of rotatable bonds is 5. The van der Waals surface area contributed by atoms with Crippen LogP contribution in [0, 0.1) is 0 Å². The van der Waals surface area contributed by atoms with Crippen LogP contribution in [-0.2, 0) is 9.84 Å². The van der Waals surface area contributed by atoms with Gasteiger partial charge in [-0.3, -0.25) is 0 Å². The van der Waals surface area contributed by atoms with Gasteiger partial charge in [0.1, 0.15) is 0 Å². The van der Waals surface area contributed by atoms with Gasteiger partial charge in [0.05, 0.1) is 9.80 Å². The van der Waals surface area contributed by atoms with Gasteiger partial charge in [-0.2, -0.15) is 0 Å². The van der Waals surface area contributed by atoms with Crippen molar-refractivity contribution in [2.24, 2.45) is 0 Å². The van der Waals surface area contributed by atoms with E-state index in [1.807, 2.05) is 13.0 Å². The molecule has 0 amide bonds. The lowest BCUT2D eigenvalue weighted by Gasteiger charge is -2.06. The third-order valence-corrected chi connectivity index (χ3v) is 5.06. The second kappa shape index (κ2) is 6.21. The fourth-order valence-electron chi connectivity index (χ4n) is 1.29. The van der Waals surface area contributed by atoms with Crippen molar-refractivity contribution < 1.29 is 8.42 Å². The molecule has 0 radical (unpaired) electrons. The summed E-state index contributed by atoms with van der Waals surface area (Å²) in [6, 6.07) is 8.52. The molecular weight excluding hydrogens is 288 g/mol. The molecule has 0 spiro atoms. The van der Waals surface area contributed by atoms with Gasteiger partial charge >= 0.3 is 0 Å². The van der Waals surface area contributed by atoms with E-state index in [0.717, 1.165) is 12.8 Å². The maximum Gasteiger partial charge on any atom is 0.203 e. The second-order valence-corrected chi connectivity index (χ2v) is 5.97. The highest BCUT2D eigenvalue weighted by Crippen LogP contribution is 2.21. The second-order valence-electron chi connectivity index (χ2n) is 3.41. The minimum Gasteiger partial charge on any atom is -0.219 e. The number of benzene rings is 1. The van der Waals surface area contributed by atoms with E-state index in [4.69, 9.17) is 0 Å². The summed E-state index contributed by atoms with van der Waals surface area (Å²) in [5, 5.41) is 0.365. The number of hydrogen-bond acceptors (Lipinski definition) is 2. The van der Waals surface area contributed by atoms with Crippen molar-refractivity contribution in [2.75, 3.05) is 5.33 Å². The number of allylic oxidation sites excluding steroid dienone is 2. The van der Waals surface area contributed by atoms with Gasteiger partial charge in [0, 0.05) is 5.33 Å². The Hall–Kier alpha value is -0.610.